The van der Waals surface area contributed by atoms with Crippen molar-refractivity contribution in [3.05, 3.63) is 12.3 Å². The second kappa shape index (κ2) is 6.24. The molecule has 3 N–H and O–H groups in total. The maximum absolute atomic E-state index is 12.2. The van der Waals surface area contributed by atoms with Gasteiger partial charge in [0.15, 0.2) is 0 Å². The van der Waals surface area contributed by atoms with Crippen LogP contribution >= 0.6 is 0 Å². The van der Waals surface area contributed by atoms with Gasteiger partial charge in [-0.2, -0.15) is 18.3 Å². The van der Waals surface area contributed by atoms with Gasteiger partial charge in [-0.1, -0.05) is 0 Å². The number of carbonyl (C=O) groups excluding carboxylic acids is 2. The van der Waals surface area contributed by atoms with Crippen LogP contribution in [0.3, 0.4) is 0 Å². The second-order valence-corrected chi connectivity index (χ2v) is 5.12. The molecule has 1 aliphatic carbocycles. The predicted molar refractivity (Wildman–Crippen MR) is 71.1 cm³/mol. The van der Waals surface area contributed by atoms with Gasteiger partial charge in [-0.05, 0) is 19.8 Å². The normalized spacial score (nSPS) is 16.0. The van der Waals surface area contributed by atoms with Crippen molar-refractivity contribution in [3.63, 3.8) is 0 Å². The number of amides is 3. The molecule has 1 aliphatic rings. The summed E-state index contributed by atoms with van der Waals surface area (Å²) in [5, 5.41) is 11.0. The molecule has 1 heterocycles. The summed E-state index contributed by atoms with van der Waals surface area (Å²) >= 11 is 0. The zero-order chi connectivity index (χ0) is 16.3. The van der Waals surface area contributed by atoms with Crippen molar-refractivity contribution < 1.29 is 22.8 Å². The number of carbonyl (C=O) groups is 2. The van der Waals surface area contributed by atoms with Gasteiger partial charge in [-0.25, -0.2) is 4.79 Å². The number of halogens is 3. The Morgan fingerprint density at radius 2 is 2.14 bits per heavy atom. The van der Waals surface area contributed by atoms with E-state index in [1.54, 1.807) is 0 Å². The highest BCUT2D eigenvalue weighted by molar-refractivity contribution is 5.98. The molecular weight excluding hydrogens is 303 g/mol. The van der Waals surface area contributed by atoms with Crippen LogP contribution in [0.25, 0.3) is 0 Å². The molecule has 2 rings (SSSR count). The SMILES string of the molecule is C[C@H](Nc1ccn(CC(F)(F)F)n1)C(=O)NC(=O)NC1CC1. The van der Waals surface area contributed by atoms with Crippen molar-refractivity contribution in [2.75, 3.05) is 5.32 Å². The summed E-state index contributed by atoms with van der Waals surface area (Å²) in [6, 6.07) is 0.0387. The molecule has 0 saturated heterocycles. The van der Waals surface area contributed by atoms with Crippen LogP contribution in [0, 0.1) is 0 Å². The van der Waals surface area contributed by atoms with E-state index in [-0.39, 0.29) is 11.9 Å². The van der Waals surface area contributed by atoms with Crippen LogP contribution in [-0.4, -0.2) is 40.0 Å². The van der Waals surface area contributed by atoms with E-state index in [9.17, 15) is 22.8 Å². The average Bonchev–Trinajstić information content (AvgIpc) is 3.07. The average molecular weight is 319 g/mol. The van der Waals surface area contributed by atoms with Gasteiger partial charge in [-0.3, -0.25) is 14.8 Å². The van der Waals surface area contributed by atoms with Gasteiger partial charge in [-0.15, -0.1) is 0 Å². The first kappa shape index (κ1) is 16.1. The van der Waals surface area contributed by atoms with Crippen LogP contribution in [0.4, 0.5) is 23.8 Å². The molecule has 0 unspecified atom stereocenters. The monoisotopic (exact) mass is 319 g/mol. The van der Waals surface area contributed by atoms with Gasteiger partial charge in [0.05, 0.1) is 0 Å². The maximum Gasteiger partial charge on any atom is 0.408 e. The molecule has 10 heteroatoms. The molecular formula is C12H16F3N5O2. The maximum atomic E-state index is 12.2. The Kier molecular flexibility index (Phi) is 4.57. The van der Waals surface area contributed by atoms with Gasteiger partial charge in [0.1, 0.15) is 18.4 Å². The number of alkyl halides is 3. The fourth-order valence-corrected chi connectivity index (χ4v) is 1.67. The highest BCUT2D eigenvalue weighted by Crippen LogP contribution is 2.18. The first-order valence-electron chi connectivity index (χ1n) is 6.71. The first-order valence-corrected chi connectivity index (χ1v) is 6.71. The lowest BCUT2D eigenvalue weighted by atomic mass is 10.3. The number of hydrogen-bond donors (Lipinski definition) is 3. The minimum absolute atomic E-state index is 0.120. The molecule has 122 valence electrons. The summed E-state index contributed by atoms with van der Waals surface area (Å²) in [7, 11) is 0. The van der Waals surface area contributed by atoms with Gasteiger partial charge in [0.2, 0.25) is 5.91 Å². The molecule has 22 heavy (non-hydrogen) atoms. The molecule has 0 aromatic carbocycles. The summed E-state index contributed by atoms with van der Waals surface area (Å²) in [4.78, 5) is 23.2. The highest BCUT2D eigenvalue weighted by Gasteiger charge is 2.28. The summed E-state index contributed by atoms with van der Waals surface area (Å²) < 4.78 is 37.3. The van der Waals surface area contributed by atoms with Gasteiger partial charge in [0.25, 0.3) is 0 Å². The minimum atomic E-state index is -4.37. The number of imide groups is 1. The Bertz CT molecular complexity index is 553. The lowest BCUT2D eigenvalue weighted by molar-refractivity contribution is -0.142. The Hall–Kier alpha value is -2.26. The molecule has 0 bridgehead atoms. The van der Waals surface area contributed by atoms with E-state index in [1.807, 2.05) is 0 Å². The topological polar surface area (TPSA) is 88.1 Å². The van der Waals surface area contributed by atoms with Crippen molar-refractivity contribution in [2.45, 2.75) is 44.6 Å². The Balaban J connectivity index is 1.81. The van der Waals surface area contributed by atoms with Crippen molar-refractivity contribution in [2.24, 2.45) is 0 Å². The number of anilines is 1. The third-order valence-electron chi connectivity index (χ3n) is 2.89. The van der Waals surface area contributed by atoms with Gasteiger partial charge in [0, 0.05) is 18.3 Å². The molecule has 7 nitrogen and oxygen atoms in total. The molecule has 3 amide bonds. The molecule has 0 spiro atoms. The highest BCUT2D eigenvalue weighted by atomic mass is 19.4. The molecule has 1 fully saturated rings. The number of hydrogen-bond acceptors (Lipinski definition) is 4. The zero-order valence-corrected chi connectivity index (χ0v) is 11.8. The Morgan fingerprint density at radius 3 is 2.73 bits per heavy atom. The molecule has 1 atom stereocenters. The van der Waals surface area contributed by atoms with E-state index < -0.39 is 30.7 Å². The first-order chi connectivity index (χ1) is 10.2. The number of aromatic nitrogens is 2. The Labute approximate surface area is 124 Å². The number of rotatable bonds is 5. The smallest absolute Gasteiger partial charge is 0.357 e. The van der Waals surface area contributed by atoms with Crippen molar-refractivity contribution in [1.29, 1.82) is 0 Å². The summed E-state index contributed by atoms with van der Waals surface area (Å²) in [6.45, 7) is 0.265. The minimum Gasteiger partial charge on any atom is -0.357 e. The van der Waals surface area contributed by atoms with E-state index in [4.69, 9.17) is 0 Å². The fourth-order valence-electron chi connectivity index (χ4n) is 1.67. The van der Waals surface area contributed by atoms with E-state index >= 15 is 0 Å². The number of nitrogens with one attached hydrogen (secondary N) is 3. The van der Waals surface area contributed by atoms with Crippen LogP contribution < -0.4 is 16.0 Å². The van der Waals surface area contributed by atoms with Crippen LogP contribution in [0.15, 0.2) is 12.3 Å². The number of urea groups is 1. The lowest BCUT2D eigenvalue weighted by Crippen LogP contribution is -2.46. The lowest BCUT2D eigenvalue weighted by Gasteiger charge is -2.13. The summed E-state index contributed by atoms with van der Waals surface area (Å²) in [5.74, 6) is -0.474. The van der Waals surface area contributed by atoms with E-state index in [0.717, 1.165) is 19.0 Å². The van der Waals surface area contributed by atoms with Gasteiger partial charge < -0.3 is 10.6 Å². The standard InChI is InChI=1S/C12H16F3N5O2/c1-7(10(21)18-11(22)17-8-2-3-8)16-9-4-5-20(19-9)6-12(13,14)15/h4-5,7-8H,2-3,6H2,1H3,(H,16,19)(H2,17,18,21,22)/t7-/m0/s1. The quantitative estimate of drug-likeness (QED) is 0.762. The van der Waals surface area contributed by atoms with Crippen LogP contribution in [0.1, 0.15) is 19.8 Å². The van der Waals surface area contributed by atoms with Crippen LogP contribution in [-0.2, 0) is 11.3 Å². The third kappa shape index (κ3) is 5.26. The van der Waals surface area contributed by atoms with Crippen molar-refractivity contribution in [1.82, 2.24) is 20.4 Å². The van der Waals surface area contributed by atoms with Crippen molar-refractivity contribution >= 4 is 17.8 Å². The molecule has 1 aromatic heterocycles. The van der Waals surface area contributed by atoms with E-state index in [1.165, 1.54) is 13.0 Å². The van der Waals surface area contributed by atoms with E-state index in [2.05, 4.69) is 21.0 Å². The number of nitrogens with zero attached hydrogens (tertiary/aromatic N) is 2. The Morgan fingerprint density at radius 1 is 1.45 bits per heavy atom. The fraction of sp³-hybridized carbons (Fsp3) is 0.583. The van der Waals surface area contributed by atoms with Crippen LogP contribution in [0.2, 0.25) is 0 Å². The van der Waals surface area contributed by atoms with Crippen LogP contribution in [0.5, 0.6) is 0 Å². The largest absolute Gasteiger partial charge is 0.408 e. The summed E-state index contributed by atoms with van der Waals surface area (Å²) in [6.07, 6.45) is -1.43. The molecule has 0 radical (unpaired) electrons. The molecule has 1 saturated carbocycles. The van der Waals surface area contributed by atoms with Gasteiger partial charge >= 0.3 is 12.2 Å². The second-order valence-electron chi connectivity index (χ2n) is 5.12. The molecule has 0 aliphatic heterocycles. The molecule has 1 aromatic rings. The summed E-state index contributed by atoms with van der Waals surface area (Å²) in [5.41, 5.74) is 0. The predicted octanol–water partition coefficient (Wildman–Crippen LogP) is 1.23. The zero-order valence-electron chi connectivity index (χ0n) is 11.8. The van der Waals surface area contributed by atoms with E-state index in [0.29, 0.717) is 4.68 Å². The van der Waals surface area contributed by atoms with Crippen molar-refractivity contribution in [3.8, 4) is 0 Å². The third-order valence-corrected chi connectivity index (χ3v) is 2.89.